The van der Waals surface area contributed by atoms with Gasteiger partial charge < -0.3 is 30.3 Å². The third kappa shape index (κ3) is 5.50. The van der Waals surface area contributed by atoms with Crippen LogP contribution in [0.5, 0.6) is 11.6 Å². The van der Waals surface area contributed by atoms with Crippen molar-refractivity contribution < 1.29 is 14.6 Å². The average Bonchev–Trinajstić information content (AvgIpc) is 3.25. The highest BCUT2D eigenvalue weighted by Crippen LogP contribution is 2.32. The molecule has 1 fully saturated rings. The smallest absolute Gasteiger partial charge is 0.274 e. The highest BCUT2D eigenvalue weighted by Gasteiger charge is 2.18. The topological polar surface area (TPSA) is 108 Å². The van der Waals surface area contributed by atoms with E-state index in [1.807, 2.05) is 38.4 Å². The SMILES string of the molecule is CN(C)CCOc1ccc2c(O)n(-c3cccc(C(=O)Nc4cnccc4N4CCNCC4)n3)cc2c1. The molecule has 0 bridgehead atoms. The standard InChI is InChI=1S/C27H31N7O3/c1-32(2)14-15-37-20-6-7-21-19(16-20)18-34(27(21)36)25-5-3-4-22(30-25)26(35)31-23-17-29-9-8-24(23)33-12-10-28-11-13-33/h3-9,16-18,28,36H,10-15H2,1-2H3,(H,31,35). The number of nitrogens with one attached hydrogen (secondary N) is 2. The Morgan fingerprint density at radius 2 is 2.03 bits per heavy atom. The van der Waals surface area contributed by atoms with Crippen LogP contribution >= 0.6 is 0 Å². The Kier molecular flexibility index (Phi) is 7.20. The molecule has 0 spiro atoms. The summed E-state index contributed by atoms with van der Waals surface area (Å²) < 4.78 is 7.40. The van der Waals surface area contributed by atoms with Crippen LogP contribution in [0.1, 0.15) is 10.5 Å². The van der Waals surface area contributed by atoms with E-state index in [1.54, 1.807) is 41.4 Å². The molecule has 3 aromatic heterocycles. The molecule has 0 aliphatic carbocycles. The van der Waals surface area contributed by atoms with E-state index < -0.39 is 0 Å². The molecule has 0 unspecified atom stereocenters. The normalized spacial score (nSPS) is 13.8. The van der Waals surface area contributed by atoms with Crippen molar-refractivity contribution in [3.8, 4) is 17.4 Å². The number of pyridine rings is 2. The van der Waals surface area contributed by atoms with Gasteiger partial charge in [-0.25, -0.2) is 4.98 Å². The van der Waals surface area contributed by atoms with Gasteiger partial charge in [-0.2, -0.15) is 0 Å². The van der Waals surface area contributed by atoms with E-state index in [4.69, 9.17) is 4.74 Å². The summed E-state index contributed by atoms with van der Waals surface area (Å²) in [5, 5.41) is 18.7. The minimum Gasteiger partial charge on any atom is -0.494 e. The van der Waals surface area contributed by atoms with Crippen LogP contribution in [0.3, 0.4) is 0 Å². The number of likely N-dealkylation sites (N-methyl/N-ethyl adjacent to an activating group) is 1. The molecule has 1 aromatic carbocycles. The number of hydrogen-bond acceptors (Lipinski definition) is 8. The van der Waals surface area contributed by atoms with Gasteiger partial charge in [-0.1, -0.05) is 6.07 Å². The summed E-state index contributed by atoms with van der Waals surface area (Å²) in [5.74, 6) is 0.862. The fraction of sp³-hybridized carbons (Fsp3) is 0.296. The van der Waals surface area contributed by atoms with Crippen LogP contribution in [-0.4, -0.2) is 83.9 Å². The number of hydrogen-bond donors (Lipinski definition) is 3. The predicted octanol–water partition coefficient (Wildman–Crippen LogP) is 2.73. The fourth-order valence-corrected chi connectivity index (χ4v) is 4.33. The zero-order chi connectivity index (χ0) is 25.8. The third-order valence-electron chi connectivity index (χ3n) is 6.29. The molecule has 0 atom stereocenters. The molecule has 1 saturated heterocycles. The van der Waals surface area contributed by atoms with Crippen molar-refractivity contribution in [3.05, 3.63) is 66.7 Å². The maximum Gasteiger partial charge on any atom is 0.274 e. The van der Waals surface area contributed by atoms with E-state index in [1.165, 1.54) is 0 Å². The van der Waals surface area contributed by atoms with E-state index in [2.05, 4.69) is 30.4 Å². The van der Waals surface area contributed by atoms with Gasteiger partial charge in [0.05, 0.1) is 17.6 Å². The number of ether oxygens (including phenoxy) is 1. The molecule has 10 nitrogen and oxygen atoms in total. The Bertz CT molecular complexity index is 1400. The van der Waals surface area contributed by atoms with Crippen molar-refractivity contribution in [2.45, 2.75) is 0 Å². The second kappa shape index (κ2) is 10.9. The van der Waals surface area contributed by atoms with Crippen molar-refractivity contribution in [2.24, 2.45) is 0 Å². The van der Waals surface area contributed by atoms with Gasteiger partial charge in [0.1, 0.15) is 23.9 Å². The molecule has 3 N–H and O–H groups in total. The highest BCUT2D eigenvalue weighted by atomic mass is 16.5. The summed E-state index contributed by atoms with van der Waals surface area (Å²) in [6, 6.07) is 12.6. The summed E-state index contributed by atoms with van der Waals surface area (Å²) in [4.78, 5) is 26.2. The number of piperazine rings is 1. The lowest BCUT2D eigenvalue weighted by Gasteiger charge is -2.30. The maximum atomic E-state index is 13.2. The van der Waals surface area contributed by atoms with Gasteiger partial charge in [0.15, 0.2) is 0 Å². The van der Waals surface area contributed by atoms with Crippen LogP contribution in [0, 0.1) is 0 Å². The van der Waals surface area contributed by atoms with E-state index in [9.17, 15) is 9.90 Å². The fourth-order valence-electron chi connectivity index (χ4n) is 4.33. The summed E-state index contributed by atoms with van der Waals surface area (Å²) in [5.41, 5.74) is 1.80. The van der Waals surface area contributed by atoms with Crippen LogP contribution in [-0.2, 0) is 0 Å². The highest BCUT2D eigenvalue weighted by molar-refractivity contribution is 6.04. The minimum absolute atomic E-state index is 0.0492. The van der Waals surface area contributed by atoms with Gasteiger partial charge in [0.2, 0.25) is 5.88 Å². The van der Waals surface area contributed by atoms with Gasteiger partial charge in [-0.3, -0.25) is 14.3 Å². The molecule has 4 aromatic rings. The monoisotopic (exact) mass is 501 g/mol. The van der Waals surface area contributed by atoms with Crippen LogP contribution in [0.15, 0.2) is 61.1 Å². The lowest BCUT2D eigenvalue weighted by atomic mass is 10.2. The van der Waals surface area contributed by atoms with Gasteiger partial charge in [-0.15, -0.1) is 0 Å². The molecule has 0 saturated carbocycles. The summed E-state index contributed by atoms with van der Waals surface area (Å²) in [6.45, 7) is 4.85. The van der Waals surface area contributed by atoms with Crippen molar-refractivity contribution >= 4 is 28.1 Å². The molecule has 192 valence electrons. The molecular weight excluding hydrogens is 470 g/mol. The zero-order valence-electron chi connectivity index (χ0n) is 21.0. The lowest BCUT2D eigenvalue weighted by Crippen LogP contribution is -2.43. The zero-order valence-corrected chi connectivity index (χ0v) is 21.0. The summed E-state index contributed by atoms with van der Waals surface area (Å²) >= 11 is 0. The number of benzene rings is 1. The Morgan fingerprint density at radius 1 is 1.19 bits per heavy atom. The Labute approximate surface area is 215 Å². The maximum absolute atomic E-state index is 13.2. The minimum atomic E-state index is -0.348. The van der Waals surface area contributed by atoms with E-state index in [0.29, 0.717) is 23.5 Å². The predicted molar refractivity (Wildman–Crippen MR) is 144 cm³/mol. The van der Waals surface area contributed by atoms with Gasteiger partial charge in [0.25, 0.3) is 5.91 Å². The second-order valence-corrected chi connectivity index (χ2v) is 9.19. The largest absolute Gasteiger partial charge is 0.494 e. The first-order chi connectivity index (χ1) is 18.0. The Balaban J connectivity index is 1.37. The van der Waals surface area contributed by atoms with E-state index >= 15 is 0 Å². The number of carbonyl (C=O) groups is 1. The molecule has 1 amide bonds. The van der Waals surface area contributed by atoms with Gasteiger partial charge in [0, 0.05) is 55.9 Å². The first kappa shape index (κ1) is 24.5. The number of carbonyl (C=O) groups excluding carboxylic acids is 1. The van der Waals surface area contributed by atoms with Crippen LogP contribution < -0.4 is 20.3 Å². The lowest BCUT2D eigenvalue weighted by molar-refractivity contribution is 0.102. The number of nitrogens with zero attached hydrogens (tertiary/aromatic N) is 5. The van der Waals surface area contributed by atoms with Crippen LogP contribution in [0.4, 0.5) is 11.4 Å². The van der Waals surface area contributed by atoms with E-state index in [0.717, 1.165) is 49.5 Å². The van der Waals surface area contributed by atoms with Gasteiger partial charge in [-0.05, 0) is 50.5 Å². The molecule has 0 radical (unpaired) electrons. The number of fused-ring (bicyclic) bond motifs is 1. The first-order valence-corrected chi connectivity index (χ1v) is 12.3. The molecule has 4 heterocycles. The van der Waals surface area contributed by atoms with Gasteiger partial charge >= 0.3 is 0 Å². The molecule has 5 rings (SSSR count). The Morgan fingerprint density at radius 3 is 2.84 bits per heavy atom. The molecular formula is C27H31N7O3. The number of amides is 1. The average molecular weight is 502 g/mol. The van der Waals surface area contributed by atoms with E-state index in [-0.39, 0.29) is 17.5 Å². The number of aromatic hydroxyl groups is 1. The van der Waals surface area contributed by atoms with Crippen LogP contribution in [0.2, 0.25) is 0 Å². The number of anilines is 2. The Hall–Kier alpha value is -4.15. The van der Waals surface area contributed by atoms with Crippen molar-refractivity contribution in [3.63, 3.8) is 0 Å². The molecule has 37 heavy (non-hydrogen) atoms. The number of rotatable bonds is 8. The molecule has 1 aliphatic rings. The second-order valence-electron chi connectivity index (χ2n) is 9.19. The summed E-state index contributed by atoms with van der Waals surface area (Å²) in [7, 11) is 3.99. The molecule has 1 aliphatic heterocycles. The van der Waals surface area contributed by atoms with Crippen LogP contribution in [0.25, 0.3) is 16.6 Å². The molecule has 10 heteroatoms. The van der Waals surface area contributed by atoms with Crippen molar-refractivity contribution in [2.75, 3.05) is 63.6 Å². The quantitative estimate of drug-likeness (QED) is 0.338. The van der Waals surface area contributed by atoms with Crippen molar-refractivity contribution in [1.82, 2.24) is 24.8 Å². The van der Waals surface area contributed by atoms with Crippen molar-refractivity contribution in [1.29, 1.82) is 0 Å². The first-order valence-electron chi connectivity index (χ1n) is 12.3. The third-order valence-corrected chi connectivity index (χ3v) is 6.29. The number of aromatic nitrogens is 3. The summed E-state index contributed by atoms with van der Waals surface area (Å²) in [6.07, 6.45) is 5.17.